The maximum Gasteiger partial charge on any atom is 0.157 e. The molecular weight excluding hydrogens is 256 g/mol. The van der Waals surface area contributed by atoms with Crippen LogP contribution in [0, 0.1) is 5.92 Å². The van der Waals surface area contributed by atoms with E-state index in [0.29, 0.717) is 12.6 Å². The second kappa shape index (κ2) is 5.45. The van der Waals surface area contributed by atoms with Crippen LogP contribution in [-0.2, 0) is 0 Å². The lowest BCUT2D eigenvalue weighted by Crippen LogP contribution is -2.28. The normalized spacial score (nSPS) is 27.4. The highest BCUT2D eigenvalue weighted by atomic mass is 32.2. The molecule has 0 bridgehead atoms. The third kappa shape index (κ3) is 2.89. The Bertz CT molecular complexity index is 487. The topological polar surface area (TPSA) is 33.6 Å². The Labute approximate surface area is 118 Å². The fourth-order valence-corrected chi connectivity index (χ4v) is 3.63. The fraction of sp³-hybridized carbons (Fsp3) is 0.533. The van der Waals surface area contributed by atoms with Crippen molar-refractivity contribution in [2.75, 3.05) is 12.4 Å². The van der Waals surface area contributed by atoms with Gasteiger partial charge in [0.25, 0.3) is 0 Å². The van der Waals surface area contributed by atoms with Crippen molar-refractivity contribution < 1.29 is 4.74 Å². The SMILES string of the molecule is CC(C)CC1CSC(=NC2COc3ccccc32)N1. The van der Waals surface area contributed by atoms with Gasteiger partial charge in [-0.15, -0.1) is 0 Å². The van der Waals surface area contributed by atoms with E-state index in [1.807, 2.05) is 23.9 Å². The van der Waals surface area contributed by atoms with Crippen molar-refractivity contribution in [3.8, 4) is 5.75 Å². The van der Waals surface area contributed by atoms with E-state index >= 15 is 0 Å². The van der Waals surface area contributed by atoms with Gasteiger partial charge in [0, 0.05) is 17.4 Å². The Morgan fingerprint density at radius 1 is 1.42 bits per heavy atom. The summed E-state index contributed by atoms with van der Waals surface area (Å²) in [4.78, 5) is 4.82. The lowest BCUT2D eigenvalue weighted by Gasteiger charge is -2.12. The van der Waals surface area contributed by atoms with Gasteiger partial charge in [0.1, 0.15) is 18.4 Å². The van der Waals surface area contributed by atoms with Crippen LogP contribution in [0.5, 0.6) is 5.75 Å². The highest BCUT2D eigenvalue weighted by Crippen LogP contribution is 2.35. The van der Waals surface area contributed by atoms with Crippen molar-refractivity contribution in [1.29, 1.82) is 0 Å². The van der Waals surface area contributed by atoms with Crippen molar-refractivity contribution in [2.24, 2.45) is 10.9 Å². The van der Waals surface area contributed by atoms with Crippen LogP contribution in [0.1, 0.15) is 31.9 Å². The second-order valence-corrected chi connectivity index (χ2v) is 6.59. The van der Waals surface area contributed by atoms with Gasteiger partial charge in [0.05, 0.1) is 0 Å². The van der Waals surface area contributed by atoms with Crippen LogP contribution in [-0.4, -0.2) is 23.6 Å². The Balaban J connectivity index is 1.68. The number of nitrogens with one attached hydrogen (secondary N) is 1. The van der Waals surface area contributed by atoms with E-state index in [1.165, 1.54) is 12.0 Å². The summed E-state index contributed by atoms with van der Waals surface area (Å²) in [5.74, 6) is 2.85. The molecule has 3 rings (SSSR count). The third-order valence-electron chi connectivity index (χ3n) is 3.45. The number of rotatable bonds is 3. The number of hydrogen-bond acceptors (Lipinski definition) is 3. The monoisotopic (exact) mass is 276 g/mol. The van der Waals surface area contributed by atoms with Crippen LogP contribution in [0.25, 0.3) is 0 Å². The molecule has 2 atom stereocenters. The zero-order chi connectivity index (χ0) is 13.2. The van der Waals surface area contributed by atoms with Crippen molar-refractivity contribution in [2.45, 2.75) is 32.4 Å². The minimum atomic E-state index is 0.156. The Kier molecular flexibility index (Phi) is 3.69. The van der Waals surface area contributed by atoms with Gasteiger partial charge < -0.3 is 10.1 Å². The summed E-state index contributed by atoms with van der Waals surface area (Å²) in [7, 11) is 0. The molecule has 19 heavy (non-hydrogen) atoms. The molecule has 1 N–H and O–H groups in total. The standard InChI is InChI=1S/C15H20N2OS/c1-10(2)7-11-9-19-15(16-11)17-13-8-18-14-6-4-3-5-12(13)14/h3-6,10-11,13H,7-9H2,1-2H3,(H,16,17). The molecule has 0 spiro atoms. The van der Waals surface area contributed by atoms with Crippen molar-refractivity contribution in [1.82, 2.24) is 5.32 Å². The van der Waals surface area contributed by atoms with E-state index in [9.17, 15) is 0 Å². The molecular formula is C15H20N2OS. The summed E-state index contributed by atoms with van der Waals surface area (Å²) in [6.07, 6.45) is 1.21. The van der Waals surface area contributed by atoms with E-state index in [-0.39, 0.29) is 6.04 Å². The van der Waals surface area contributed by atoms with Crippen molar-refractivity contribution in [3.05, 3.63) is 29.8 Å². The van der Waals surface area contributed by atoms with Gasteiger partial charge in [-0.05, 0) is 18.4 Å². The smallest absolute Gasteiger partial charge is 0.157 e. The van der Waals surface area contributed by atoms with Gasteiger partial charge in [-0.2, -0.15) is 0 Å². The fourth-order valence-electron chi connectivity index (χ4n) is 2.60. The predicted molar refractivity (Wildman–Crippen MR) is 80.9 cm³/mol. The van der Waals surface area contributed by atoms with Crippen LogP contribution < -0.4 is 10.1 Å². The van der Waals surface area contributed by atoms with E-state index in [2.05, 4.69) is 31.3 Å². The molecule has 2 aliphatic rings. The van der Waals surface area contributed by atoms with Gasteiger partial charge >= 0.3 is 0 Å². The summed E-state index contributed by atoms with van der Waals surface area (Å²) in [6.45, 7) is 5.20. The van der Waals surface area contributed by atoms with Gasteiger partial charge in [-0.3, -0.25) is 4.99 Å². The lowest BCUT2D eigenvalue weighted by molar-refractivity contribution is 0.334. The summed E-state index contributed by atoms with van der Waals surface area (Å²) in [6, 6.07) is 8.92. The molecule has 0 amide bonds. The highest BCUT2D eigenvalue weighted by molar-refractivity contribution is 8.14. The van der Waals surface area contributed by atoms with Crippen LogP contribution in [0.4, 0.5) is 0 Å². The lowest BCUT2D eigenvalue weighted by atomic mass is 10.1. The molecule has 1 saturated heterocycles. The summed E-state index contributed by atoms with van der Waals surface area (Å²) >= 11 is 1.84. The molecule has 2 unspecified atom stereocenters. The quantitative estimate of drug-likeness (QED) is 0.920. The van der Waals surface area contributed by atoms with E-state index in [0.717, 1.165) is 22.6 Å². The van der Waals surface area contributed by atoms with Gasteiger partial charge in [-0.25, -0.2) is 0 Å². The summed E-state index contributed by atoms with van der Waals surface area (Å²) in [5, 5.41) is 4.62. The average Bonchev–Trinajstić information content (AvgIpc) is 2.97. The predicted octanol–water partition coefficient (Wildman–Crippen LogP) is 3.23. The molecule has 2 aliphatic heterocycles. The number of benzene rings is 1. The maximum atomic E-state index is 5.67. The molecule has 4 heteroatoms. The number of ether oxygens (including phenoxy) is 1. The minimum absolute atomic E-state index is 0.156. The number of nitrogens with zero attached hydrogens (tertiary/aromatic N) is 1. The van der Waals surface area contributed by atoms with Crippen LogP contribution in [0.3, 0.4) is 0 Å². The molecule has 2 heterocycles. The number of aliphatic imine (C=N–C) groups is 1. The number of fused-ring (bicyclic) bond motifs is 1. The zero-order valence-electron chi connectivity index (χ0n) is 11.4. The zero-order valence-corrected chi connectivity index (χ0v) is 12.2. The molecule has 0 aliphatic carbocycles. The van der Waals surface area contributed by atoms with Gasteiger partial charge in [0.2, 0.25) is 0 Å². The first-order valence-electron chi connectivity index (χ1n) is 6.91. The van der Waals surface area contributed by atoms with E-state index in [4.69, 9.17) is 9.73 Å². The molecule has 102 valence electrons. The largest absolute Gasteiger partial charge is 0.491 e. The maximum absolute atomic E-state index is 5.67. The van der Waals surface area contributed by atoms with Crippen LogP contribution >= 0.6 is 11.8 Å². The Hall–Kier alpha value is -1.16. The molecule has 1 aromatic rings. The first kappa shape index (κ1) is 12.9. The summed E-state index contributed by atoms with van der Waals surface area (Å²) in [5.41, 5.74) is 1.21. The average molecular weight is 276 g/mol. The van der Waals surface area contributed by atoms with Crippen LogP contribution in [0.15, 0.2) is 29.3 Å². The molecule has 1 aromatic carbocycles. The van der Waals surface area contributed by atoms with E-state index in [1.54, 1.807) is 0 Å². The molecule has 1 fully saturated rings. The minimum Gasteiger partial charge on any atom is -0.491 e. The van der Waals surface area contributed by atoms with Gasteiger partial charge in [-0.1, -0.05) is 43.8 Å². The van der Waals surface area contributed by atoms with Gasteiger partial charge in [0.15, 0.2) is 5.17 Å². The molecule has 0 aromatic heterocycles. The number of amidine groups is 1. The van der Waals surface area contributed by atoms with Crippen molar-refractivity contribution in [3.63, 3.8) is 0 Å². The first-order valence-corrected chi connectivity index (χ1v) is 7.90. The Morgan fingerprint density at radius 2 is 2.26 bits per heavy atom. The van der Waals surface area contributed by atoms with Crippen LogP contribution in [0.2, 0.25) is 0 Å². The Morgan fingerprint density at radius 3 is 3.11 bits per heavy atom. The molecule has 0 radical (unpaired) electrons. The number of para-hydroxylation sites is 1. The number of hydrogen-bond donors (Lipinski definition) is 1. The number of thioether (sulfide) groups is 1. The first-order chi connectivity index (χ1) is 9.22. The van der Waals surface area contributed by atoms with E-state index < -0.39 is 0 Å². The molecule has 3 nitrogen and oxygen atoms in total. The van der Waals surface area contributed by atoms with Crippen molar-refractivity contribution >= 4 is 16.9 Å². The molecule has 0 saturated carbocycles. The second-order valence-electron chi connectivity index (χ2n) is 5.58. The summed E-state index contributed by atoms with van der Waals surface area (Å²) < 4.78 is 5.67. The highest BCUT2D eigenvalue weighted by Gasteiger charge is 2.26. The third-order valence-corrected chi connectivity index (χ3v) is 4.52.